The third kappa shape index (κ3) is 4.44. The highest BCUT2D eigenvalue weighted by Gasteiger charge is 2.17. The lowest BCUT2D eigenvalue weighted by Gasteiger charge is -2.15. The second-order valence-corrected chi connectivity index (χ2v) is 4.37. The fourth-order valence-corrected chi connectivity index (χ4v) is 1.79. The molecule has 4 heteroatoms. The molecule has 0 aromatic heterocycles. The maximum Gasteiger partial charge on any atom is 0.308 e. The highest BCUT2D eigenvalue weighted by molar-refractivity contribution is 5.71. The van der Waals surface area contributed by atoms with Crippen LogP contribution in [-0.2, 0) is 16.0 Å². The van der Waals surface area contributed by atoms with Gasteiger partial charge < -0.3 is 16.2 Å². The maximum atomic E-state index is 11.3. The normalized spacial score (nSPS) is 14.1. The zero-order valence-corrected chi connectivity index (χ0v) is 10.3. The first-order chi connectivity index (χ1) is 8.02. The molecule has 0 bridgehead atoms. The third-order valence-corrected chi connectivity index (χ3v) is 2.74. The Kier molecular flexibility index (Phi) is 4.97. The average molecular weight is 236 g/mol. The number of hydrogen-bond donors (Lipinski definition) is 2. The monoisotopic (exact) mass is 236 g/mol. The molecule has 1 aromatic rings. The van der Waals surface area contributed by atoms with Crippen molar-refractivity contribution in [1.82, 2.24) is 0 Å². The Labute approximate surface area is 102 Å². The average Bonchev–Trinajstić information content (AvgIpc) is 2.30. The molecule has 1 unspecified atom stereocenters. The largest absolute Gasteiger partial charge is 0.469 e. The quantitative estimate of drug-likeness (QED) is 0.597. The van der Waals surface area contributed by atoms with Crippen LogP contribution in [0.25, 0.3) is 0 Å². The van der Waals surface area contributed by atoms with E-state index < -0.39 is 0 Å². The molecule has 0 aliphatic carbocycles. The molecule has 0 fully saturated rings. The number of carbonyl (C=O) groups excluding carboxylic acids is 1. The fourth-order valence-electron chi connectivity index (χ4n) is 1.79. The molecular formula is C13H20N2O2. The lowest BCUT2D eigenvalue weighted by molar-refractivity contribution is -0.145. The first kappa shape index (κ1) is 13.5. The van der Waals surface area contributed by atoms with Gasteiger partial charge in [-0.1, -0.05) is 19.1 Å². The van der Waals surface area contributed by atoms with E-state index in [0.29, 0.717) is 6.42 Å². The minimum Gasteiger partial charge on any atom is -0.469 e. The van der Waals surface area contributed by atoms with Crippen LogP contribution in [0.1, 0.15) is 18.9 Å². The van der Waals surface area contributed by atoms with Crippen molar-refractivity contribution in [2.75, 3.05) is 12.8 Å². The van der Waals surface area contributed by atoms with Crippen LogP contribution in [0.5, 0.6) is 0 Å². The number of esters is 1. The van der Waals surface area contributed by atoms with Gasteiger partial charge in [-0.25, -0.2) is 0 Å². The van der Waals surface area contributed by atoms with Gasteiger partial charge in [-0.05, 0) is 30.5 Å². The summed E-state index contributed by atoms with van der Waals surface area (Å²) in [5.41, 5.74) is 13.5. The molecular weight excluding hydrogens is 216 g/mol. The Morgan fingerprint density at radius 2 is 1.94 bits per heavy atom. The number of rotatable bonds is 5. The number of benzene rings is 1. The van der Waals surface area contributed by atoms with Crippen molar-refractivity contribution in [3.63, 3.8) is 0 Å². The Morgan fingerprint density at radius 3 is 2.47 bits per heavy atom. The molecule has 0 spiro atoms. The summed E-state index contributed by atoms with van der Waals surface area (Å²) < 4.78 is 4.67. The van der Waals surface area contributed by atoms with Crippen LogP contribution in [0, 0.1) is 5.92 Å². The lowest BCUT2D eigenvalue weighted by Crippen LogP contribution is -2.28. The first-order valence-corrected chi connectivity index (χ1v) is 5.70. The summed E-state index contributed by atoms with van der Waals surface area (Å²) in [7, 11) is 1.39. The summed E-state index contributed by atoms with van der Waals surface area (Å²) in [6.07, 6.45) is 1.36. The molecule has 0 amide bonds. The van der Waals surface area contributed by atoms with Gasteiger partial charge in [-0.3, -0.25) is 4.79 Å². The van der Waals surface area contributed by atoms with Gasteiger partial charge in [-0.2, -0.15) is 0 Å². The third-order valence-electron chi connectivity index (χ3n) is 2.74. The van der Waals surface area contributed by atoms with E-state index in [2.05, 4.69) is 4.74 Å². The van der Waals surface area contributed by atoms with Crippen LogP contribution >= 0.6 is 0 Å². The molecule has 0 saturated heterocycles. The van der Waals surface area contributed by atoms with Gasteiger partial charge in [0.2, 0.25) is 0 Å². The number of methoxy groups -OCH3 is 1. The molecule has 4 N–H and O–H groups in total. The highest BCUT2D eigenvalue weighted by Crippen LogP contribution is 2.12. The van der Waals surface area contributed by atoms with Crippen LogP contribution in [0.2, 0.25) is 0 Å². The zero-order chi connectivity index (χ0) is 12.8. The summed E-state index contributed by atoms with van der Waals surface area (Å²) in [6.45, 7) is 1.83. The van der Waals surface area contributed by atoms with E-state index >= 15 is 0 Å². The van der Waals surface area contributed by atoms with Crippen molar-refractivity contribution in [3.05, 3.63) is 29.8 Å². The van der Waals surface area contributed by atoms with Crippen molar-refractivity contribution in [1.29, 1.82) is 0 Å². The summed E-state index contributed by atoms with van der Waals surface area (Å²) in [6, 6.07) is 7.57. The molecule has 0 saturated carbocycles. The highest BCUT2D eigenvalue weighted by atomic mass is 16.5. The van der Waals surface area contributed by atoms with Crippen molar-refractivity contribution in [2.45, 2.75) is 25.8 Å². The minimum atomic E-state index is -0.210. The number of carbonyl (C=O) groups is 1. The Bertz CT molecular complexity index is 362. The number of nitrogen functional groups attached to an aromatic ring is 1. The number of nitrogens with two attached hydrogens (primary N) is 2. The molecule has 17 heavy (non-hydrogen) atoms. The summed E-state index contributed by atoms with van der Waals surface area (Å²) >= 11 is 0. The maximum absolute atomic E-state index is 11.3. The minimum absolute atomic E-state index is 0.0484. The van der Waals surface area contributed by atoms with Gasteiger partial charge in [0, 0.05) is 11.7 Å². The van der Waals surface area contributed by atoms with Gasteiger partial charge in [0.1, 0.15) is 0 Å². The lowest BCUT2D eigenvalue weighted by atomic mass is 9.97. The van der Waals surface area contributed by atoms with E-state index in [1.165, 1.54) is 7.11 Å². The fraction of sp³-hybridized carbons (Fsp3) is 0.462. The summed E-state index contributed by atoms with van der Waals surface area (Å²) in [5.74, 6) is -0.374. The number of ether oxygens (including phenoxy) is 1. The first-order valence-electron chi connectivity index (χ1n) is 5.70. The van der Waals surface area contributed by atoms with Crippen LogP contribution < -0.4 is 11.5 Å². The molecule has 4 nitrogen and oxygen atoms in total. The molecule has 2 atom stereocenters. The van der Waals surface area contributed by atoms with E-state index in [-0.39, 0.29) is 17.9 Å². The van der Waals surface area contributed by atoms with Gasteiger partial charge >= 0.3 is 5.97 Å². The van der Waals surface area contributed by atoms with Gasteiger partial charge in [-0.15, -0.1) is 0 Å². The van der Waals surface area contributed by atoms with Crippen LogP contribution in [0.3, 0.4) is 0 Å². The topological polar surface area (TPSA) is 78.3 Å². The van der Waals surface area contributed by atoms with Crippen molar-refractivity contribution >= 4 is 11.7 Å². The summed E-state index contributed by atoms with van der Waals surface area (Å²) in [4.78, 5) is 11.3. The Hall–Kier alpha value is -1.55. The Morgan fingerprint density at radius 1 is 1.35 bits per heavy atom. The molecule has 0 heterocycles. The van der Waals surface area contributed by atoms with E-state index in [4.69, 9.17) is 11.5 Å². The second kappa shape index (κ2) is 6.25. The number of anilines is 1. The smallest absolute Gasteiger partial charge is 0.308 e. The van der Waals surface area contributed by atoms with E-state index in [1.807, 2.05) is 31.2 Å². The molecule has 94 valence electrons. The van der Waals surface area contributed by atoms with Gasteiger partial charge in [0.05, 0.1) is 13.0 Å². The predicted octanol–water partition coefficient (Wildman–Crippen LogP) is 1.34. The van der Waals surface area contributed by atoms with E-state index in [1.54, 1.807) is 0 Å². The standard InChI is InChI=1S/C13H20N2O2/c1-9(13(16)17-2)7-12(15)8-10-3-5-11(14)6-4-10/h3-6,9,12H,7-8,14-15H2,1-2H3/t9?,12-/m1/s1. The van der Waals surface area contributed by atoms with Crippen molar-refractivity contribution < 1.29 is 9.53 Å². The van der Waals surface area contributed by atoms with E-state index in [9.17, 15) is 4.79 Å². The molecule has 1 rings (SSSR count). The van der Waals surface area contributed by atoms with Gasteiger partial charge in [0.25, 0.3) is 0 Å². The predicted molar refractivity (Wildman–Crippen MR) is 68.3 cm³/mol. The number of hydrogen-bond acceptors (Lipinski definition) is 4. The van der Waals surface area contributed by atoms with Crippen LogP contribution in [0.4, 0.5) is 5.69 Å². The van der Waals surface area contributed by atoms with Crippen molar-refractivity contribution in [2.24, 2.45) is 11.7 Å². The molecule has 0 radical (unpaired) electrons. The molecule has 1 aromatic carbocycles. The second-order valence-electron chi connectivity index (χ2n) is 4.37. The van der Waals surface area contributed by atoms with Crippen LogP contribution in [-0.4, -0.2) is 19.1 Å². The molecule has 0 aliphatic rings. The zero-order valence-electron chi connectivity index (χ0n) is 10.3. The molecule has 0 aliphatic heterocycles. The van der Waals surface area contributed by atoms with Crippen LogP contribution in [0.15, 0.2) is 24.3 Å². The van der Waals surface area contributed by atoms with Gasteiger partial charge in [0.15, 0.2) is 0 Å². The Balaban J connectivity index is 2.46. The SMILES string of the molecule is COC(=O)C(C)C[C@@H](N)Cc1ccc(N)cc1. The van der Waals surface area contributed by atoms with Crippen molar-refractivity contribution in [3.8, 4) is 0 Å². The summed E-state index contributed by atoms with van der Waals surface area (Å²) in [5, 5.41) is 0. The van der Waals surface area contributed by atoms with E-state index in [0.717, 1.165) is 17.7 Å².